The van der Waals surface area contributed by atoms with Crippen molar-refractivity contribution in [2.24, 2.45) is 0 Å². The van der Waals surface area contributed by atoms with Crippen LogP contribution in [-0.2, 0) is 11.3 Å². The van der Waals surface area contributed by atoms with E-state index in [1.807, 2.05) is 18.2 Å². The van der Waals surface area contributed by atoms with Crippen LogP contribution in [0.4, 0.5) is 0 Å². The predicted molar refractivity (Wildman–Crippen MR) is 85.9 cm³/mol. The highest BCUT2D eigenvalue weighted by Gasteiger charge is 2.04. The lowest BCUT2D eigenvalue weighted by atomic mass is 10.2. The molecule has 20 heavy (non-hydrogen) atoms. The van der Waals surface area contributed by atoms with E-state index in [0.717, 1.165) is 54.9 Å². The molecule has 3 nitrogen and oxygen atoms in total. The molecular weight excluding hydrogens is 318 g/mol. The highest BCUT2D eigenvalue weighted by molar-refractivity contribution is 9.10. The molecule has 0 saturated carbocycles. The molecule has 1 aromatic carbocycles. The summed E-state index contributed by atoms with van der Waals surface area (Å²) in [7, 11) is 0. The van der Waals surface area contributed by atoms with Crippen LogP contribution in [-0.4, -0.2) is 26.4 Å². The summed E-state index contributed by atoms with van der Waals surface area (Å²) in [5, 5.41) is 3.39. The molecule has 0 bridgehead atoms. The highest BCUT2D eigenvalue weighted by atomic mass is 79.9. The molecule has 0 unspecified atom stereocenters. The molecule has 4 heteroatoms. The van der Waals surface area contributed by atoms with Gasteiger partial charge in [-0.25, -0.2) is 0 Å². The summed E-state index contributed by atoms with van der Waals surface area (Å²) in [6.07, 6.45) is 7.30. The van der Waals surface area contributed by atoms with Crippen molar-refractivity contribution in [1.29, 1.82) is 0 Å². The third kappa shape index (κ3) is 6.95. The van der Waals surface area contributed by atoms with E-state index in [-0.39, 0.29) is 0 Å². The minimum Gasteiger partial charge on any atom is -0.481 e. The molecule has 110 valence electrons. The Kier molecular flexibility index (Phi) is 9.14. The van der Waals surface area contributed by atoms with Crippen molar-refractivity contribution >= 4 is 15.9 Å². The Hall–Kier alpha value is -1.02. The van der Waals surface area contributed by atoms with Crippen LogP contribution in [0, 0.1) is 12.3 Å². The zero-order chi connectivity index (χ0) is 14.6. The summed E-state index contributed by atoms with van der Waals surface area (Å²) in [5.74, 6) is 3.32. The average Bonchev–Trinajstić information content (AvgIpc) is 2.45. The second kappa shape index (κ2) is 10.7. The van der Waals surface area contributed by atoms with Crippen LogP contribution in [0.5, 0.6) is 5.75 Å². The van der Waals surface area contributed by atoms with Crippen molar-refractivity contribution < 1.29 is 9.47 Å². The van der Waals surface area contributed by atoms with Crippen molar-refractivity contribution in [3.63, 3.8) is 0 Å². The standard InChI is InChI=1S/C16H22BrNO2/c1-3-9-19-11-5-8-18-13-14-12-15(17)6-7-16(14)20-10-4-2/h2,6-7,12,18H,3,5,8-11,13H2,1H3. The largest absolute Gasteiger partial charge is 0.481 e. The van der Waals surface area contributed by atoms with Crippen LogP contribution in [0.15, 0.2) is 22.7 Å². The van der Waals surface area contributed by atoms with Gasteiger partial charge in [0.2, 0.25) is 0 Å². The zero-order valence-electron chi connectivity index (χ0n) is 12.0. The molecule has 0 amide bonds. The summed E-state index contributed by atoms with van der Waals surface area (Å²) in [6, 6.07) is 5.93. The fourth-order valence-corrected chi connectivity index (χ4v) is 2.12. The van der Waals surface area contributed by atoms with E-state index >= 15 is 0 Å². The van der Waals surface area contributed by atoms with Gasteiger partial charge in [-0.05, 0) is 37.6 Å². The summed E-state index contributed by atoms with van der Waals surface area (Å²) in [4.78, 5) is 0. The number of benzene rings is 1. The fourth-order valence-electron chi connectivity index (χ4n) is 1.72. The summed E-state index contributed by atoms with van der Waals surface area (Å²) >= 11 is 3.47. The van der Waals surface area contributed by atoms with E-state index in [0.29, 0.717) is 6.61 Å². The lowest BCUT2D eigenvalue weighted by Crippen LogP contribution is -2.17. The van der Waals surface area contributed by atoms with Crippen LogP contribution < -0.4 is 10.1 Å². The third-order valence-electron chi connectivity index (χ3n) is 2.64. The van der Waals surface area contributed by atoms with Crippen molar-refractivity contribution in [2.75, 3.05) is 26.4 Å². The van der Waals surface area contributed by atoms with Gasteiger partial charge in [0.05, 0.1) is 0 Å². The smallest absolute Gasteiger partial charge is 0.148 e. The van der Waals surface area contributed by atoms with Crippen LogP contribution in [0.3, 0.4) is 0 Å². The Morgan fingerprint density at radius 3 is 2.95 bits per heavy atom. The third-order valence-corrected chi connectivity index (χ3v) is 3.13. The Bertz CT molecular complexity index is 429. The number of hydrogen-bond donors (Lipinski definition) is 1. The van der Waals surface area contributed by atoms with Crippen molar-refractivity contribution in [3.05, 3.63) is 28.2 Å². The normalized spacial score (nSPS) is 10.2. The summed E-state index contributed by atoms with van der Waals surface area (Å²) < 4.78 is 12.0. The molecule has 0 aliphatic rings. The van der Waals surface area contributed by atoms with Gasteiger partial charge >= 0.3 is 0 Å². The summed E-state index contributed by atoms with van der Waals surface area (Å²) in [6.45, 7) is 5.73. The topological polar surface area (TPSA) is 30.5 Å². The monoisotopic (exact) mass is 339 g/mol. The van der Waals surface area contributed by atoms with Gasteiger partial charge in [0.25, 0.3) is 0 Å². The average molecular weight is 340 g/mol. The first-order valence-electron chi connectivity index (χ1n) is 6.91. The molecule has 0 saturated heterocycles. The molecule has 0 aliphatic heterocycles. The van der Waals surface area contributed by atoms with Gasteiger partial charge in [0, 0.05) is 29.8 Å². The van der Waals surface area contributed by atoms with Crippen molar-refractivity contribution in [3.8, 4) is 18.1 Å². The van der Waals surface area contributed by atoms with Crippen LogP contribution in [0.2, 0.25) is 0 Å². The molecule has 0 aliphatic carbocycles. The van der Waals surface area contributed by atoms with E-state index in [9.17, 15) is 0 Å². The Balaban J connectivity index is 2.34. The van der Waals surface area contributed by atoms with Gasteiger partial charge in [-0.2, -0.15) is 0 Å². The minimum absolute atomic E-state index is 0.291. The first kappa shape index (κ1) is 17.0. The molecule has 1 rings (SSSR count). The molecule has 1 aromatic rings. The quantitative estimate of drug-likeness (QED) is 0.523. The predicted octanol–water partition coefficient (Wildman–Crippen LogP) is 3.37. The SMILES string of the molecule is C#CCOc1ccc(Br)cc1CNCCCOCCC. The Morgan fingerprint density at radius 1 is 1.35 bits per heavy atom. The zero-order valence-corrected chi connectivity index (χ0v) is 13.5. The first-order chi connectivity index (χ1) is 9.77. The first-order valence-corrected chi connectivity index (χ1v) is 7.70. The number of ether oxygens (including phenoxy) is 2. The van der Waals surface area contributed by atoms with Crippen molar-refractivity contribution in [1.82, 2.24) is 5.32 Å². The number of halogens is 1. The van der Waals surface area contributed by atoms with E-state index < -0.39 is 0 Å². The lowest BCUT2D eigenvalue weighted by molar-refractivity contribution is 0.132. The number of terminal acetylenes is 1. The van der Waals surface area contributed by atoms with E-state index in [4.69, 9.17) is 15.9 Å². The molecule has 0 radical (unpaired) electrons. The van der Waals surface area contributed by atoms with Crippen LogP contribution in [0.1, 0.15) is 25.3 Å². The van der Waals surface area contributed by atoms with Gasteiger partial charge in [-0.1, -0.05) is 28.8 Å². The summed E-state index contributed by atoms with van der Waals surface area (Å²) in [5.41, 5.74) is 1.10. The van der Waals surface area contributed by atoms with Gasteiger partial charge in [-0.3, -0.25) is 0 Å². The number of nitrogens with one attached hydrogen (secondary N) is 1. The van der Waals surface area contributed by atoms with Gasteiger partial charge in [0.15, 0.2) is 0 Å². The van der Waals surface area contributed by atoms with E-state index in [2.05, 4.69) is 34.1 Å². The van der Waals surface area contributed by atoms with Crippen LogP contribution >= 0.6 is 15.9 Å². The molecule has 0 atom stereocenters. The second-order valence-corrected chi connectivity index (χ2v) is 5.30. The number of hydrogen-bond acceptors (Lipinski definition) is 3. The molecule has 0 spiro atoms. The molecule has 1 N–H and O–H groups in total. The Morgan fingerprint density at radius 2 is 2.20 bits per heavy atom. The molecule has 0 aromatic heterocycles. The number of rotatable bonds is 10. The molecule has 0 fully saturated rings. The van der Waals surface area contributed by atoms with Crippen LogP contribution in [0.25, 0.3) is 0 Å². The maximum absolute atomic E-state index is 5.53. The fraction of sp³-hybridized carbons (Fsp3) is 0.500. The van der Waals surface area contributed by atoms with Crippen molar-refractivity contribution in [2.45, 2.75) is 26.3 Å². The van der Waals surface area contributed by atoms with Gasteiger partial charge in [-0.15, -0.1) is 6.42 Å². The van der Waals surface area contributed by atoms with E-state index in [1.54, 1.807) is 0 Å². The Labute approximate surface area is 130 Å². The lowest BCUT2D eigenvalue weighted by Gasteiger charge is -2.11. The molecule has 0 heterocycles. The maximum atomic E-state index is 5.53. The maximum Gasteiger partial charge on any atom is 0.148 e. The highest BCUT2D eigenvalue weighted by Crippen LogP contribution is 2.23. The minimum atomic E-state index is 0.291. The van der Waals surface area contributed by atoms with E-state index in [1.165, 1.54) is 0 Å². The van der Waals surface area contributed by atoms with Gasteiger partial charge in [0.1, 0.15) is 12.4 Å². The van der Waals surface area contributed by atoms with Gasteiger partial charge < -0.3 is 14.8 Å². The molecular formula is C16H22BrNO2. The second-order valence-electron chi connectivity index (χ2n) is 4.39.